The summed E-state index contributed by atoms with van der Waals surface area (Å²) in [5.41, 5.74) is 2.85. The summed E-state index contributed by atoms with van der Waals surface area (Å²) in [5, 5.41) is 20.2. The standard InChI is InChI=1S/C24H30O4/c1-14(2)20-13-18(9-12-21(26)17-7-10-19(25)11-8-17)24(28-16(5)6)22(15(3)4)23(20)27/h7-16,25,27H,1-6H3. The number of aromatic hydroxyl groups is 2. The van der Waals surface area contributed by atoms with Crippen LogP contribution in [0.3, 0.4) is 0 Å². The molecule has 4 heteroatoms. The van der Waals surface area contributed by atoms with Crippen LogP contribution in [0.5, 0.6) is 17.2 Å². The van der Waals surface area contributed by atoms with Crippen LogP contribution in [-0.2, 0) is 0 Å². The third kappa shape index (κ3) is 4.94. The van der Waals surface area contributed by atoms with Gasteiger partial charge in [-0.2, -0.15) is 0 Å². The molecule has 28 heavy (non-hydrogen) atoms. The zero-order chi connectivity index (χ0) is 21.0. The molecule has 0 atom stereocenters. The van der Waals surface area contributed by atoms with Crippen molar-refractivity contribution in [2.24, 2.45) is 0 Å². The lowest BCUT2D eigenvalue weighted by molar-refractivity contribution is 0.104. The van der Waals surface area contributed by atoms with Crippen molar-refractivity contribution in [2.75, 3.05) is 0 Å². The highest BCUT2D eigenvalue weighted by molar-refractivity contribution is 6.07. The summed E-state index contributed by atoms with van der Waals surface area (Å²) < 4.78 is 6.05. The van der Waals surface area contributed by atoms with Crippen LogP contribution in [0.1, 0.15) is 80.4 Å². The second kappa shape index (κ2) is 8.96. The monoisotopic (exact) mass is 382 g/mol. The summed E-state index contributed by atoms with van der Waals surface area (Å²) in [6, 6.07) is 8.04. The predicted molar refractivity (Wildman–Crippen MR) is 114 cm³/mol. The van der Waals surface area contributed by atoms with Crippen molar-refractivity contribution in [1.29, 1.82) is 0 Å². The molecule has 0 unspecified atom stereocenters. The number of allylic oxidation sites excluding steroid dienone is 1. The molecule has 0 fully saturated rings. The van der Waals surface area contributed by atoms with Crippen LogP contribution in [0.25, 0.3) is 6.08 Å². The molecule has 0 spiro atoms. The topological polar surface area (TPSA) is 66.8 Å². The van der Waals surface area contributed by atoms with Gasteiger partial charge < -0.3 is 14.9 Å². The highest BCUT2D eigenvalue weighted by atomic mass is 16.5. The van der Waals surface area contributed by atoms with Crippen LogP contribution in [0.2, 0.25) is 0 Å². The van der Waals surface area contributed by atoms with Gasteiger partial charge in [0, 0.05) is 16.7 Å². The van der Waals surface area contributed by atoms with Crippen LogP contribution in [-0.4, -0.2) is 22.1 Å². The van der Waals surface area contributed by atoms with Crippen molar-refractivity contribution >= 4 is 11.9 Å². The average molecular weight is 383 g/mol. The Hall–Kier alpha value is -2.75. The van der Waals surface area contributed by atoms with E-state index >= 15 is 0 Å². The summed E-state index contributed by atoms with van der Waals surface area (Å²) in [7, 11) is 0. The molecule has 0 saturated heterocycles. The van der Waals surface area contributed by atoms with E-state index in [1.165, 1.54) is 18.2 Å². The smallest absolute Gasteiger partial charge is 0.185 e. The number of carbonyl (C=O) groups is 1. The van der Waals surface area contributed by atoms with E-state index in [4.69, 9.17) is 4.74 Å². The summed E-state index contributed by atoms with van der Waals surface area (Å²) in [6.45, 7) is 12.0. The fourth-order valence-electron chi connectivity index (χ4n) is 3.07. The minimum Gasteiger partial charge on any atom is -0.508 e. The van der Waals surface area contributed by atoms with Gasteiger partial charge in [0.2, 0.25) is 0 Å². The van der Waals surface area contributed by atoms with E-state index in [0.29, 0.717) is 11.3 Å². The van der Waals surface area contributed by atoms with E-state index in [1.54, 1.807) is 18.2 Å². The van der Waals surface area contributed by atoms with E-state index in [-0.39, 0.29) is 35.2 Å². The number of carbonyl (C=O) groups excluding carboxylic acids is 1. The van der Waals surface area contributed by atoms with Crippen molar-refractivity contribution < 1.29 is 19.7 Å². The third-order valence-corrected chi connectivity index (χ3v) is 4.47. The number of ether oxygens (including phenoxy) is 1. The maximum Gasteiger partial charge on any atom is 0.185 e. The molecule has 2 aromatic carbocycles. The molecule has 0 aromatic heterocycles. The lowest BCUT2D eigenvalue weighted by atomic mass is 9.90. The van der Waals surface area contributed by atoms with Crippen molar-refractivity contribution in [3.8, 4) is 17.2 Å². The highest BCUT2D eigenvalue weighted by Gasteiger charge is 2.22. The fraction of sp³-hybridized carbons (Fsp3) is 0.375. The number of hydrogen-bond acceptors (Lipinski definition) is 4. The summed E-state index contributed by atoms with van der Waals surface area (Å²) >= 11 is 0. The lowest BCUT2D eigenvalue weighted by Gasteiger charge is -2.23. The maximum atomic E-state index is 12.5. The maximum absolute atomic E-state index is 12.5. The SMILES string of the molecule is CC(C)Oc1c(C=CC(=O)c2ccc(O)cc2)cc(C(C)C)c(O)c1C(C)C. The molecule has 0 amide bonds. The molecule has 0 heterocycles. The first kappa shape index (κ1) is 21.5. The summed E-state index contributed by atoms with van der Waals surface area (Å²) in [5.74, 6) is 1.03. The van der Waals surface area contributed by atoms with Crippen LogP contribution in [0, 0.1) is 0 Å². The van der Waals surface area contributed by atoms with Crippen LogP contribution < -0.4 is 4.74 Å². The van der Waals surface area contributed by atoms with Gasteiger partial charge in [-0.3, -0.25) is 4.79 Å². The van der Waals surface area contributed by atoms with Crippen molar-refractivity contribution in [3.63, 3.8) is 0 Å². The van der Waals surface area contributed by atoms with E-state index in [0.717, 1.165) is 16.7 Å². The Bertz CT molecular complexity index is 859. The molecule has 0 bridgehead atoms. The molecular formula is C24H30O4. The van der Waals surface area contributed by atoms with Gasteiger partial charge in [0.25, 0.3) is 0 Å². The van der Waals surface area contributed by atoms with Gasteiger partial charge in [0.1, 0.15) is 17.2 Å². The Morgan fingerprint density at radius 1 is 0.964 bits per heavy atom. The molecule has 0 aliphatic heterocycles. The quantitative estimate of drug-likeness (QED) is 0.453. The first-order valence-electron chi connectivity index (χ1n) is 9.69. The predicted octanol–water partition coefficient (Wildman–Crippen LogP) is 6.03. The Kier molecular flexibility index (Phi) is 6.90. The zero-order valence-electron chi connectivity index (χ0n) is 17.5. The number of ketones is 1. The Morgan fingerprint density at radius 2 is 1.57 bits per heavy atom. The number of rotatable bonds is 7. The van der Waals surface area contributed by atoms with E-state index in [2.05, 4.69) is 0 Å². The number of phenolic OH excluding ortho intramolecular Hbond substituents is 2. The van der Waals surface area contributed by atoms with Crippen LogP contribution in [0.4, 0.5) is 0 Å². The molecule has 2 rings (SSSR count). The van der Waals surface area contributed by atoms with Gasteiger partial charge in [-0.1, -0.05) is 27.7 Å². The third-order valence-electron chi connectivity index (χ3n) is 4.47. The van der Waals surface area contributed by atoms with Gasteiger partial charge in [0.15, 0.2) is 5.78 Å². The van der Waals surface area contributed by atoms with Crippen molar-refractivity contribution in [3.05, 3.63) is 58.7 Å². The molecule has 150 valence electrons. The minimum atomic E-state index is -0.166. The molecule has 0 aliphatic carbocycles. The summed E-state index contributed by atoms with van der Waals surface area (Å²) in [6.07, 6.45) is 3.17. The first-order valence-corrected chi connectivity index (χ1v) is 9.69. The first-order chi connectivity index (χ1) is 13.1. The molecule has 2 aromatic rings. The zero-order valence-corrected chi connectivity index (χ0v) is 17.5. The fourth-order valence-corrected chi connectivity index (χ4v) is 3.07. The van der Waals surface area contributed by atoms with Crippen LogP contribution in [0.15, 0.2) is 36.4 Å². The molecule has 2 N–H and O–H groups in total. The van der Waals surface area contributed by atoms with Gasteiger partial charge in [0.05, 0.1) is 6.10 Å². The van der Waals surface area contributed by atoms with Gasteiger partial charge in [-0.25, -0.2) is 0 Å². The molecular weight excluding hydrogens is 352 g/mol. The number of benzene rings is 2. The molecule has 0 aliphatic rings. The average Bonchev–Trinajstić information content (AvgIpc) is 2.60. The van der Waals surface area contributed by atoms with Crippen LogP contribution >= 0.6 is 0 Å². The number of hydrogen-bond donors (Lipinski definition) is 2. The summed E-state index contributed by atoms with van der Waals surface area (Å²) in [4.78, 5) is 12.5. The van der Waals surface area contributed by atoms with E-state index < -0.39 is 0 Å². The van der Waals surface area contributed by atoms with Gasteiger partial charge >= 0.3 is 0 Å². The van der Waals surface area contributed by atoms with E-state index in [9.17, 15) is 15.0 Å². The molecule has 0 saturated carbocycles. The second-order valence-electron chi connectivity index (χ2n) is 7.87. The minimum absolute atomic E-state index is 0.0624. The largest absolute Gasteiger partial charge is 0.508 e. The molecule has 4 nitrogen and oxygen atoms in total. The molecule has 0 radical (unpaired) electrons. The lowest BCUT2D eigenvalue weighted by Crippen LogP contribution is -2.11. The Balaban J connectivity index is 2.56. The normalized spacial score (nSPS) is 11.8. The van der Waals surface area contributed by atoms with Crippen molar-refractivity contribution in [1.82, 2.24) is 0 Å². The Morgan fingerprint density at radius 3 is 2.07 bits per heavy atom. The Labute approximate surface area is 167 Å². The number of phenols is 2. The van der Waals surface area contributed by atoms with Crippen molar-refractivity contribution in [2.45, 2.75) is 59.5 Å². The van der Waals surface area contributed by atoms with E-state index in [1.807, 2.05) is 47.6 Å². The van der Waals surface area contributed by atoms with Gasteiger partial charge in [-0.15, -0.1) is 0 Å². The second-order valence-corrected chi connectivity index (χ2v) is 7.87. The highest BCUT2D eigenvalue weighted by Crippen LogP contribution is 2.43. The van der Waals surface area contributed by atoms with Gasteiger partial charge in [-0.05, 0) is 73.7 Å².